The van der Waals surface area contributed by atoms with Crippen LogP contribution < -0.4 is 5.32 Å². The van der Waals surface area contributed by atoms with Gasteiger partial charge in [0.1, 0.15) is 0 Å². The molecule has 1 heterocycles. The molecule has 0 radical (unpaired) electrons. The molecule has 1 aromatic rings. The number of benzene rings is 1. The summed E-state index contributed by atoms with van der Waals surface area (Å²) in [6.45, 7) is 5.85. The van der Waals surface area contributed by atoms with Crippen molar-refractivity contribution in [2.24, 2.45) is 0 Å². The smallest absolute Gasteiger partial charge is 0.243 e. The fourth-order valence-corrected chi connectivity index (χ4v) is 2.57. The van der Waals surface area contributed by atoms with Crippen molar-refractivity contribution < 1.29 is 4.79 Å². The van der Waals surface area contributed by atoms with Crippen molar-refractivity contribution in [3.8, 4) is 0 Å². The fraction of sp³-hybridized carbons (Fsp3) is 0.389. The quantitative estimate of drug-likeness (QED) is 0.495. The van der Waals surface area contributed by atoms with Gasteiger partial charge in [-0.15, -0.1) is 0 Å². The molecule has 0 saturated heterocycles. The lowest BCUT2D eigenvalue weighted by Gasteiger charge is -2.28. The molecule has 0 spiro atoms. The van der Waals surface area contributed by atoms with E-state index in [0.29, 0.717) is 0 Å². The highest BCUT2D eigenvalue weighted by Gasteiger charge is 2.14. The van der Waals surface area contributed by atoms with Crippen molar-refractivity contribution in [2.45, 2.75) is 26.3 Å². The van der Waals surface area contributed by atoms with E-state index in [0.717, 1.165) is 39.0 Å². The average Bonchev–Trinajstić information content (AvgIpc) is 2.52. The summed E-state index contributed by atoms with van der Waals surface area (Å²) in [7, 11) is 0. The number of nitrogens with one attached hydrogen (secondary N) is 1. The van der Waals surface area contributed by atoms with Crippen molar-refractivity contribution in [3.05, 3.63) is 59.7 Å². The number of fused-ring (bicyclic) bond motifs is 1. The predicted octanol–water partition coefficient (Wildman–Crippen LogP) is 2.68. The van der Waals surface area contributed by atoms with Gasteiger partial charge in [-0.2, -0.15) is 0 Å². The Morgan fingerprint density at radius 2 is 2.10 bits per heavy atom. The SMILES string of the molecule is CC=CC=CC(=O)NCCCN1CCc2ccccc2C1. The second-order valence-electron chi connectivity index (χ2n) is 5.32. The molecule has 0 bridgehead atoms. The van der Waals surface area contributed by atoms with Crippen LogP contribution in [0.5, 0.6) is 0 Å². The van der Waals surface area contributed by atoms with E-state index in [2.05, 4.69) is 34.5 Å². The monoisotopic (exact) mass is 284 g/mol. The molecule has 3 nitrogen and oxygen atoms in total. The second-order valence-corrected chi connectivity index (χ2v) is 5.32. The molecule has 0 aliphatic carbocycles. The minimum Gasteiger partial charge on any atom is -0.353 e. The van der Waals surface area contributed by atoms with Gasteiger partial charge in [-0.25, -0.2) is 0 Å². The number of amides is 1. The van der Waals surface area contributed by atoms with E-state index in [4.69, 9.17) is 0 Å². The number of hydrogen-bond acceptors (Lipinski definition) is 2. The van der Waals surface area contributed by atoms with E-state index < -0.39 is 0 Å². The largest absolute Gasteiger partial charge is 0.353 e. The molecule has 0 saturated carbocycles. The van der Waals surface area contributed by atoms with Crippen molar-refractivity contribution in [1.29, 1.82) is 0 Å². The van der Waals surface area contributed by atoms with E-state index in [-0.39, 0.29) is 5.91 Å². The molecule has 112 valence electrons. The number of hydrogen-bond donors (Lipinski definition) is 1. The van der Waals surface area contributed by atoms with Crippen LogP contribution in [0, 0.1) is 0 Å². The molecule has 0 unspecified atom stereocenters. The lowest BCUT2D eigenvalue weighted by atomic mass is 10.00. The molecular weight excluding hydrogens is 260 g/mol. The van der Waals surface area contributed by atoms with Gasteiger partial charge in [0.2, 0.25) is 5.91 Å². The lowest BCUT2D eigenvalue weighted by molar-refractivity contribution is -0.116. The van der Waals surface area contributed by atoms with E-state index in [1.54, 1.807) is 12.2 Å². The number of nitrogens with zero attached hydrogens (tertiary/aromatic N) is 1. The molecule has 1 aliphatic heterocycles. The molecule has 0 aromatic heterocycles. The third-order valence-corrected chi connectivity index (χ3v) is 3.71. The highest BCUT2D eigenvalue weighted by molar-refractivity contribution is 5.87. The van der Waals surface area contributed by atoms with Crippen LogP contribution in [0.1, 0.15) is 24.5 Å². The van der Waals surface area contributed by atoms with E-state index in [1.807, 2.05) is 19.1 Å². The summed E-state index contributed by atoms with van der Waals surface area (Å²) in [5.41, 5.74) is 2.93. The van der Waals surface area contributed by atoms with E-state index in [9.17, 15) is 4.79 Å². The first-order valence-electron chi connectivity index (χ1n) is 7.66. The van der Waals surface area contributed by atoms with Crippen molar-refractivity contribution in [3.63, 3.8) is 0 Å². The van der Waals surface area contributed by atoms with Crippen LogP contribution in [0.3, 0.4) is 0 Å². The van der Waals surface area contributed by atoms with E-state index >= 15 is 0 Å². The zero-order valence-electron chi connectivity index (χ0n) is 12.7. The maximum Gasteiger partial charge on any atom is 0.243 e. The Bertz CT molecular complexity index is 520. The summed E-state index contributed by atoms with van der Waals surface area (Å²) >= 11 is 0. The molecule has 2 rings (SSSR count). The summed E-state index contributed by atoms with van der Waals surface area (Å²) in [5.74, 6) is -0.0166. The van der Waals surface area contributed by atoms with Gasteiger partial charge in [0.15, 0.2) is 0 Å². The molecule has 1 amide bonds. The third kappa shape index (κ3) is 5.20. The zero-order valence-corrected chi connectivity index (χ0v) is 12.7. The van der Waals surface area contributed by atoms with E-state index in [1.165, 1.54) is 11.1 Å². The number of allylic oxidation sites excluding steroid dienone is 3. The number of rotatable bonds is 6. The molecule has 0 atom stereocenters. The van der Waals surface area contributed by atoms with Gasteiger partial charge >= 0.3 is 0 Å². The van der Waals surface area contributed by atoms with Crippen LogP contribution >= 0.6 is 0 Å². The number of carbonyl (C=O) groups excluding carboxylic acids is 1. The minimum atomic E-state index is -0.0166. The Balaban J connectivity index is 1.65. The average molecular weight is 284 g/mol. The minimum absolute atomic E-state index is 0.0166. The van der Waals surface area contributed by atoms with Gasteiger partial charge in [0.05, 0.1) is 0 Å². The summed E-state index contributed by atoms with van der Waals surface area (Å²) < 4.78 is 0. The van der Waals surface area contributed by atoms with Crippen LogP contribution in [0.25, 0.3) is 0 Å². The fourth-order valence-electron chi connectivity index (χ4n) is 2.57. The molecule has 21 heavy (non-hydrogen) atoms. The van der Waals surface area contributed by atoms with Crippen molar-refractivity contribution >= 4 is 5.91 Å². The molecule has 1 aromatic carbocycles. The predicted molar refractivity (Wildman–Crippen MR) is 87.0 cm³/mol. The van der Waals surface area contributed by atoms with Gasteiger partial charge in [-0.1, -0.05) is 42.5 Å². The highest BCUT2D eigenvalue weighted by Crippen LogP contribution is 2.18. The van der Waals surface area contributed by atoms with Gasteiger partial charge in [0.25, 0.3) is 0 Å². The topological polar surface area (TPSA) is 32.3 Å². The standard InChI is InChI=1S/C18H24N2O/c1-2-3-4-10-18(21)19-12-7-13-20-14-11-16-8-5-6-9-17(16)15-20/h2-6,8-10H,7,11-15H2,1H3,(H,19,21). The molecule has 3 heteroatoms. The first-order chi connectivity index (χ1) is 10.3. The maximum atomic E-state index is 11.5. The second kappa shape index (κ2) is 8.42. The lowest BCUT2D eigenvalue weighted by Crippen LogP contribution is -2.33. The van der Waals surface area contributed by atoms with Crippen LogP contribution in [0.15, 0.2) is 48.6 Å². The van der Waals surface area contributed by atoms with Gasteiger partial charge in [-0.3, -0.25) is 9.69 Å². The summed E-state index contributed by atoms with van der Waals surface area (Å²) in [6.07, 6.45) is 9.21. The Labute approximate surface area is 127 Å². The van der Waals surface area contributed by atoms with Crippen molar-refractivity contribution in [1.82, 2.24) is 10.2 Å². The van der Waals surface area contributed by atoms with Gasteiger partial charge in [0, 0.05) is 32.3 Å². The Morgan fingerprint density at radius 1 is 1.29 bits per heavy atom. The van der Waals surface area contributed by atoms with Crippen LogP contribution in [-0.2, 0) is 17.8 Å². The Hall–Kier alpha value is -1.87. The Morgan fingerprint density at radius 3 is 2.90 bits per heavy atom. The summed E-state index contributed by atoms with van der Waals surface area (Å²) in [5, 5.41) is 2.91. The van der Waals surface area contributed by atoms with Crippen LogP contribution in [-0.4, -0.2) is 30.4 Å². The third-order valence-electron chi connectivity index (χ3n) is 3.71. The number of carbonyl (C=O) groups is 1. The van der Waals surface area contributed by atoms with Gasteiger partial charge in [-0.05, 0) is 30.9 Å². The van der Waals surface area contributed by atoms with Crippen LogP contribution in [0.4, 0.5) is 0 Å². The summed E-state index contributed by atoms with van der Waals surface area (Å²) in [6, 6.07) is 8.67. The molecule has 1 aliphatic rings. The Kier molecular flexibility index (Phi) is 6.22. The maximum absolute atomic E-state index is 11.5. The normalized spacial score (nSPS) is 15.5. The zero-order chi connectivity index (χ0) is 14.9. The van der Waals surface area contributed by atoms with Gasteiger partial charge < -0.3 is 5.32 Å². The first-order valence-corrected chi connectivity index (χ1v) is 7.66. The molecular formula is C18H24N2O. The molecule has 0 fully saturated rings. The highest BCUT2D eigenvalue weighted by atomic mass is 16.1. The first kappa shape index (κ1) is 15.5. The van der Waals surface area contributed by atoms with Crippen molar-refractivity contribution in [2.75, 3.05) is 19.6 Å². The van der Waals surface area contributed by atoms with Crippen LogP contribution in [0.2, 0.25) is 0 Å². The molecule has 1 N–H and O–H groups in total. The summed E-state index contributed by atoms with van der Waals surface area (Å²) in [4.78, 5) is 13.9.